The first-order valence-corrected chi connectivity index (χ1v) is 12.7. The molecule has 0 atom stereocenters. The van der Waals surface area contributed by atoms with E-state index in [4.69, 9.17) is 23.2 Å². The molecule has 1 aliphatic heterocycles. The van der Waals surface area contributed by atoms with E-state index in [1.54, 1.807) is 12.1 Å². The van der Waals surface area contributed by atoms with E-state index in [0.717, 1.165) is 22.7 Å². The molecule has 4 amide bonds. The highest BCUT2D eigenvalue weighted by atomic mass is 35.5. The van der Waals surface area contributed by atoms with E-state index in [0.29, 0.717) is 11.3 Å². The number of aromatic hydroxyl groups is 1. The minimum absolute atomic E-state index is 0.0128. The molecule has 4 saturated carbocycles. The third kappa shape index (κ3) is 3.74. The van der Waals surface area contributed by atoms with E-state index in [9.17, 15) is 19.5 Å². The van der Waals surface area contributed by atoms with Crippen LogP contribution in [-0.4, -0.2) is 23.0 Å². The number of amides is 4. The molecule has 1 heterocycles. The maximum absolute atomic E-state index is 13.3. The number of barbiturate groups is 1. The van der Waals surface area contributed by atoms with Gasteiger partial charge in [0.15, 0.2) is 5.75 Å². The predicted octanol–water partition coefficient (Wildman–Crippen LogP) is 5.83. The number of hydrogen-bond donors (Lipinski definition) is 2. The Hall–Kier alpha value is -2.83. The summed E-state index contributed by atoms with van der Waals surface area (Å²) in [6.45, 7) is 0. The lowest BCUT2D eigenvalue weighted by molar-refractivity contribution is -0.122. The molecule has 5 aliphatic rings. The molecule has 1 saturated heterocycles. The largest absolute Gasteiger partial charge is 0.505 e. The molecule has 0 radical (unpaired) electrons. The van der Waals surface area contributed by atoms with Gasteiger partial charge in [0, 0.05) is 0 Å². The highest BCUT2D eigenvalue weighted by molar-refractivity contribution is 6.40. The van der Waals surface area contributed by atoms with Crippen molar-refractivity contribution in [1.82, 2.24) is 5.32 Å². The number of imide groups is 2. The molecule has 2 aromatic carbocycles. The van der Waals surface area contributed by atoms with Crippen molar-refractivity contribution in [2.75, 3.05) is 4.90 Å². The normalized spacial score (nSPS) is 30.8. The Kier molecular flexibility index (Phi) is 5.24. The second kappa shape index (κ2) is 8.10. The van der Waals surface area contributed by atoms with Crippen LogP contribution in [0.1, 0.15) is 49.7 Å². The third-order valence-electron chi connectivity index (χ3n) is 8.23. The van der Waals surface area contributed by atoms with Crippen LogP contribution in [0.15, 0.2) is 42.0 Å². The van der Waals surface area contributed by atoms with E-state index in [2.05, 4.69) is 5.32 Å². The Labute approximate surface area is 212 Å². The molecule has 7 rings (SSSR count). The zero-order chi connectivity index (χ0) is 24.5. The number of phenols is 1. The van der Waals surface area contributed by atoms with Gasteiger partial charge in [-0.25, -0.2) is 9.69 Å². The molecule has 0 aromatic heterocycles. The van der Waals surface area contributed by atoms with Crippen LogP contribution >= 0.6 is 23.2 Å². The van der Waals surface area contributed by atoms with Gasteiger partial charge in [-0.2, -0.15) is 0 Å². The minimum atomic E-state index is -0.804. The Morgan fingerprint density at radius 2 is 1.46 bits per heavy atom. The molecule has 35 heavy (non-hydrogen) atoms. The number of phenolic OH excluding ortho intramolecular Hbond substituents is 1. The summed E-state index contributed by atoms with van der Waals surface area (Å²) in [5.74, 6) is 0.622. The molecule has 180 valence electrons. The van der Waals surface area contributed by atoms with Gasteiger partial charge >= 0.3 is 6.03 Å². The van der Waals surface area contributed by atoms with Crippen molar-refractivity contribution in [2.45, 2.75) is 43.9 Å². The van der Waals surface area contributed by atoms with Crippen LogP contribution in [0.3, 0.4) is 0 Å². The predicted molar refractivity (Wildman–Crippen MR) is 133 cm³/mol. The number of hydrogen-bond acceptors (Lipinski definition) is 4. The zero-order valence-electron chi connectivity index (χ0n) is 18.9. The molecule has 2 N–H and O–H groups in total. The molecule has 0 unspecified atom stereocenters. The van der Waals surface area contributed by atoms with Crippen molar-refractivity contribution in [1.29, 1.82) is 0 Å². The molecular formula is C27H24Cl2N2O4. The van der Waals surface area contributed by atoms with E-state index in [1.165, 1.54) is 62.3 Å². The second-order valence-corrected chi connectivity index (χ2v) is 11.4. The second-order valence-electron chi connectivity index (χ2n) is 10.5. The van der Waals surface area contributed by atoms with Crippen LogP contribution in [0.4, 0.5) is 10.5 Å². The lowest BCUT2D eigenvalue weighted by Gasteiger charge is -2.57. The summed E-state index contributed by atoms with van der Waals surface area (Å²) in [6.07, 6.45) is 9.06. The van der Waals surface area contributed by atoms with Gasteiger partial charge in [0.1, 0.15) is 5.57 Å². The molecule has 4 bridgehead atoms. The summed E-state index contributed by atoms with van der Waals surface area (Å²) < 4.78 is 0. The highest BCUT2D eigenvalue weighted by Gasteiger charge is 2.51. The van der Waals surface area contributed by atoms with Crippen molar-refractivity contribution in [3.8, 4) is 5.75 Å². The lowest BCUT2D eigenvalue weighted by Crippen LogP contribution is -2.54. The van der Waals surface area contributed by atoms with Gasteiger partial charge in [-0.05, 0) is 103 Å². The number of carbonyl (C=O) groups excluding carboxylic acids is 3. The summed E-state index contributed by atoms with van der Waals surface area (Å²) in [7, 11) is 0. The summed E-state index contributed by atoms with van der Waals surface area (Å²) in [4.78, 5) is 39.4. The Morgan fingerprint density at radius 1 is 0.914 bits per heavy atom. The van der Waals surface area contributed by atoms with Gasteiger partial charge in [-0.3, -0.25) is 14.9 Å². The third-order valence-corrected chi connectivity index (χ3v) is 8.80. The van der Waals surface area contributed by atoms with Gasteiger partial charge in [-0.15, -0.1) is 0 Å². The van der Waals surface area contributed by atoms with Crippen molar-refractivity contribution in [3.63, 3.8) is 0 Å². The van der Waals surface area contributed by atoms with Crippen molar-refractivity contribution in [3.05, 3.63) is 63.1 Å². The number of nitrogens with one attached hydrogen (secondary N) is 1. The molecule has 5 fully saturated rings. The lowest BCUT2D eigenvalue weighted by atomic mass is 9.48. The fraction of sp³-hybridized carbons (Fsp3) is 0.370. The van der Waals surface area contributed by atoms with Crippen LogP contribution in [0.25, 0.3) is 6.08 Å². The number of urea groups is 1. The number of carbonyl (C=O) groups is 3. The average molecular weight is 511 g/mol. The molecule has 6 nitrogen and oxygen atoms in total. The number of anilines is 1. The summed E-state index contributed by atoms with van der Waals surface area (Å²) >= 11 is 11.9. The van der Waals surface area contributed by atoms with Crippen LogP contribution in [-0.2, 0) is 15.0 Å². The Morgan fingerprint density at radius 3 is 2.00 bits per heavy atom. The first-order chi connectivity index (χ1) is 16.7. The van der Waals surface area contributed by atoms with Gasteiger partial charge in [0.05, 0.1) is 15.7 Å². The molecule has 8 heteroatoms. The smallest absolute Gasteiger partial charge is 0.335 e. The van der Waals surface area contributed by atoms with Gasteiger partial charge in [0.2, 0.25) is 0 Å². The topological polar surface area (TPSA) is 86.7 Å². The minimum Gasteiger partial charge on any atom is -0.505 e. The Balaban J connectivity index is 1.30. The van der Waals surface area contributed by atoms with Crippen molar-refractivity contribution in [2.24, 2.45) is 17.8 Å². The van der Waals surface area contributed by atoms with Crippen LogP contribution in [0.5, 0.6) is 5.75 Å². The molecule has 2 aromatic rings. The standard InChI is InChI=1S/C27H24Cl2N2O4/c28-21-9-14(10-22(29)23(21)32)8-20-24(33)30-26(35)31(25(20)34)19-3-1-18(2-4-19)27-11-15-5-16(12-27)7-17(6-15)13-27/h1-4,8-10,15-17,32H,5-7,11-13H2,(H,30,33,35)/b20-8+. The molecule has 0 spiro atoms. The van der Waals surface area contributed by atoms with Crippen molar-refractivity contribution >= 4 is 52.8 Å². The van der Waals surface area contributed by atoms with E-state index < -0.39 is 17.8 Å². The van der Waals surface area contributed by atoms with Gasteiger partial charge < -0.3 is 5.11 Å². The molecule has 4 aliphatic carbocycles. The van der Waals surface area contributed by atoms with E-state index >= 15 is 0 Å². The number of benzene rings is 2. The van der Waals surface area contributed by atoms with E-state index in [1.807, 2.05) is 12.1 Å². The number of halogens is 2. The molecular weight excluding hydrogens is 487 g/mol. The average Bonchev–Trinajstić information content (AvgIpc) is 2.79. The zero-order valence-corrected chi connectivity index (χ0v) is 20.4. The first kappa shape index (κ1) is 22.6. The van der Waals surface area contributed by atoms with Crippen LogP contribution in [0, 0.1) is 17.8 Å². The fourth-order valence-corrected chi connectivity index (χ4v) is 7.66. The van der Waals surface area contributed by atoms with Crippen LogP contribution in [0.2, 0.25) is 10.0 Å². The fourth-order valence-electron chi connectivity index (χ4n) is 7.16. The van der Waals surface area contributed by atoms with Crippen LogP contribution < -0.4 is 10.2 Å². The summed E-state index contributed by atoms with van der Waals surface area (Å²) in [5.41, 5.74) is 2.02. The number of nitrogens with zero attached hydrogens (tertiary/aromatic N) is 1. The van der Waals surface area contributed by atoms with Crippen molar-refractivity contribution < 1.29 is 19.5 Å². The first-order valence-electron chi connectivity index (χ1n) is 11.9. The number of rotatable bonds is 3. The quantitative estimate of drug-likeness (QED) is 0.401. The SMILES string of the molecule is O=C1NC(=O)N(c2ccc(C34CC5CC(CC(C5)C3)C4)cc2)C(=O)/C1=C/c1cc(Cl)c(O)c(Cl)c1. The monoisotopic (exact) mass is 510 g/mol. The Bertz CT molecular complexity index is 1240. The summed E-state index contributed by atoms with van der Waals surface area (Å²) in [6, 6.07) is 9.67. The summed E-state index contributed by atoms with van der Waals surface area (Å²) in [5, 5.41) is 12.0. The highest BCUT2D eigenvalue weighted by Crippen LogP contribution is 2.60. The van der Waals surface area contributed by atoms with Gasteiger partial charge in [0.25, 0.3) is 11.8 Å². The van der Waals surface area contributed by atoms with E-state index in [-0.39, 0.29) is 26.8 Å². The maximum atomic E-state index is 13.3. The maximum Gasteiger partial charge on any atom is 0.335 e. The van der Waals surface area contributed by atoms with Gasteiger partial charge in [-0.1, -0.05) is 35.3 Å².